The van der Waals surface area contributed by atoms with E-state index in [0.717, 1.165) is 0 Å². The van der Waals surface area contributed by atoms with Crippen LogP contribution >= 0.6 is 0 Å². The minimum absolute atomic E-state index is 0.343. The van der Waals surface area contributed by atoms with Crippen LogP contribution in [0.1, 0.15) is 12.5 Å². The average molecular weight is 347 g/mol. The van der Waals surface area contributed by atoms with Crippen LogP contribution in [-0.2, 0) is 4.79 Å². The third-order valence-corrected chi connectivity index (χ3v) is 4.13. The standard InChI is InChI=1S/C19H14FN5O/c1-11-17(19(26)24-16-7-4-10-21-25-16)18-15(22-11)9-8-14(23-18)12-5-2-3-6-13(12)20/h2-10,18H,1H3,(H,24,25,26). The van der Waals surface area contributed by atoms with Gasteiger partial charge in [-0.25, -0.2) is 4.39 Å². The minimum Gasteiger partial charge on any atom is -0.305 e. The van der Waals surface area contributed by atoms with Crippen LogP contribution in [0.3, 0.4) is 0 Å². The number of benzene rings is 1. The van der Waals surface area contributed by atoms with E-state index in [1.54, 1.807) is 49.4 Å². The molecule has 0 spiro atoms. The number of aromatic nitrogens is 2. The van der Waals surface area contributed by atoms with Gasteiger partial charge in [-0.1, -0.05) is 12.1 Å². The van der Waals surface area contributed by atoms with Gasteiger partial charge in [-0.3, -0.25) is 14.8 Å². The van der Waals surface area contributed by atoms with E-state index in [-0.39, 0.29) is 11.7 Å². The van der Waals surface area contributed by atoms with Gasteiger partial charge in [0.1, 0.15) is 11.9 Å². The lowest BCUT2D eigenvalue weighted by atomic mass is 9.98. The van der Waals surface area contributed by atoms with E-state index in [0.29, 0.717) is 34.1 Å². The number of anilines is 1. The van der Waals surface area contributed by atoms with Crippen LogP contribution in [0.4, 0.5) is 10.2 Å². The molecule has 0 radical (unpaired) electrons. The van der Waals surface area contributed by atoms with Gasteiger partial charge in [0.15, 0.2) is 5.82 Å². The summed E-state index contributed by atoms with van der Waals surface area (Å²) in [5.74, 6) is -0.366. The molecule has 1 aromatic carbocycles. The van der Waals surface area contributed by atoms with Gasteiger partial charge in [0, 0.05) is 17.5 Å². The van der Waals surface area contributed by atoms with E-state index in [1.165, 1.54) is 12.3 Å². The first kappa shape index (κ1) is 16.0. The van der Waals surface area contributed by atoms with Crippen LogP contribution < -0.4 is 5.32 Å². The van der Waals surface area contributed by atoms with E-state index >= 15 is 0 Å². The summed E-state index contributed by atoms with van der Waals surface area (Å²) in [4.78, 5) is 21.7. The van der Waals surface area contributed by atoms with Gasteiger partial charge in [-0.2, -0.15) is 5.10 Å². The zero-order valence-electron chi connectivity index (χ0n) is 13.8. The summed E-state index contributed by atoms with van der Waals surface area (Å²) in [5, 5.41) is 10.3. The Hall–Kier alpha value is -3.48. The Labute approximate surface area is 148 Å². The van der Waals surface area contributed by atoms with Crippen molar-refractivity contribution in [3.05, 3.63) is 77.4 Å². The predicted molar refractivity (Wildman–Crippen MR) is 96.7 cm³/mol. The fourth-order valence-electron chi connectivity index (χ4n) is 2.93. The number of nitrogens with one attached hydrogen (secondary N) is 1. The maximum atomic E-state index is 14.1. The van der Waals surface area contributed by atoms with Gasteiger partial charge in [0.25, 0.3) is 5.91 Å². The summed E-state index contributed by atoms with van der Waals surface area (Å²) >= 11 is 0. The van der Waals surface area contributed by atoms with Gasteiger partial charge in [-0.05, 0) is 43.3 Å². The maximum Gasteiger partial charge on any atom is 0.257 e. The lowest BCUT2D eigenvalue weighted by Gasteiger charge is -2.17. The van der Waals surface area contributed by atoms with E-state index in [2.05, 4.69) is 25.5 Å². The largest absolute Gasteiger partial charge is 0.305 e. The van der Waals surface area contributed by atoms with Crippen molar-refractivity contribution in [1.29, 1.82) is 0 Å². The molecule has 6 nitrogen and oxygen atoms in total. The third kappa shape index (κ3) is 2.83. The SMILES string of the molecule is CC1=C(C(=O)Nc2cccnn2)C2N=C(c3ccccc3F)C=CC2=N1. The molecule has 0 aliphatic carbocycles. The van der Waals surface area contributed by atoms with Crippen molar-refractivity contribution in [3.8, 4) is 0 Å². The van der Waals surface area contributed by atoms with Crippen molar-refractivity contribution in [2.24, 2.45) is 9.98 Å². The number of carbonyl (C=O) groups excluding carboxylic acids is 1. The predicted octanol–water partition coefficient (Wildman–Crippen LogP) is 2.71. The van der Waals surface area contributed by atoms with Crippen molar-refractivity contribution in [3.63, 3.8) is 0 Å². The van der Waals surface area contributed by atoms with E-state index in [9.17, 15) is 9.18 Å². The molecule has 0 saturated carbocycles. The highest BCUT2D eigenvalue weighted by Gasteiger charge is 2.33. The smallest absolute Gasteiger partial charge is 0.257 e. The summed E-state index contributed by atoms with van der Waals surface area (Å²) in [7, 11) is 0. The zero-order chi connectivity index (χ0) is 18.1. The first-order valence-corrected chi connectivity index (χ1v) is 8.02. The fourth-order valence-corrected chi connectivity index (χ4v) is 2.93. The number of rotatable bonds is 3. The number of aliphatic imine (C=N–C) groups is 2. The van der Waals surface area contributed by atoms with Crippen molar-refractivity contribution in [1.82, 2.24) is 10.2 Å². The number of hydrogen-bond acceptors (Lipinski definition) is 5. The Balaban J connectivity index is 1.66. The Morgan fingerprint density at radius 1 is 1.15 bits per heavy atom. The Morgan fingerprint density at radius 2 is 2.00 bits per heavy atom. The quantitative estimate of drug-likeness (QED) is 0.927. The van der Waals surface area contributed by atoms with Crippen molar-refractivity contribution in [2.45, 2.75) is 13.0 Å². The summed E-state index contributed by atoms with van der Waals surface area (Å²) in [6, 6.07) is 9.17. The molecule has 2 aliphatic rings. The van der Waals surface area contributed by atoms with Crippen LogP contribution in [0.2, 0.25) is 0 Å². The number of amides is 1. The number of dihydropyridines is 1. The zero-order valence-corrected chi connectivity index (χ0v) is 13.8. The molecule has 128 valence electrons. The number of hydrogen-bond donors (Lipinski definition) is 1. The van der Waals surface area contributed by atoms with Crippen LogP contribution in [0.5, 0.6) is 0 Å². The first-order valence-electron chi connectivity index (χ1n) is 8.02. The second-order valence-corrected chi connectivity index (χ2v) is 5.83. The van der Waals surface area contributed by atoms with Gasteiger partial charge in [0.05, 0.1) is 17.0 Å². The number of nitrogens with zero attached hydrogens (tertiary/aromatic N) is 4. The van der Waals surface area contributed by atoms with Gasteiger partial charge in [-0.15, -0.1) is 5.10 Å². The molecule has 4 rings (SSSR count). The third-order valence-electron chi connectivity index (χ3n) is 4.13. The van der Waals surface area contributed by atoms with Crippen LogP contribution in [-0.4, -0.2) is 33.6 Å². The molecule has 1 atom stereocenters. The van der Waals surface area contributed by atoms with Crippen molar-refractivity contribution < 1.29 is 9.18 Å². The lowest BCUT2D eigenvalue weighted by molar-refractivity contribution is -0.113. The van der Waals surface area contributed by atoms with Gasteiger partial charge < -0.3 is 5.32 Å². The molecule has 26 heavy (non-hydrogen) atoms. The van der Waals surface area contributed by atoms with Crippen molar-refractivity contribution >= 4 is 23.1 Å². The summed E-state index contributed by atoms with van der Waals surface area (Å²) in [5.41, 5.74) is 2.53. The molecular formula is C19H14FN5O. The molecule has 1 amide bonds. The maximum absolute atomic E-state index is 14.1. The number of fused-ring (bicyclic) bond motifs is 1. The van der Waals surface area contributed by atoms with Crippen molar-refractivity contribution in [2.75, 3.05) is 5.32 Å². The molecule has 1 aromatic heterocycles. The topological polar surface area (TPSA) is 79.6 Å². The second-order valence-electron chi connectivity index (χ2n) is 5.83. The molecule has 1 N–H and O–H groups in total. The average Bonchev–Trinajstić information content (AvgIpc) is 2.98. The minimum atomic E-state index is -0.564. The molecule has 2 aromatic rings. The van der Waals surface area contributed by atoms with Crippen LogP contribution in [0.25, 0.3) is 0 Å². The van der Waals surface area contributed by atoms with Crippen LogP contribution in [0.15, 0.2) is 76.0 Å². The summed E-state index contributed by atoms with van der Waals surface area (Å²) < 4.78 is 14.1. The number of halogens is 1. The monoisotopic (exact) mass is 347 g/mol. The van der Waals surface area contributed by atoms with Crippen LogP contribution in [0, 0.1) is 5.82 Å². The number of allylic oxidation sites excluding steroid dienone is 2. The Kier molecular flexibility index (Phi) is 3.96. The lowest BCUT2D eigenvalue weighted by Crippen LogP contribution is -2.29. The molecule has 0 fully saturated rings. The van der Waals surface area contributed by atoms with E-state index in [4.69, 9.17) is 0 Å². The molecule has 2 aliphatic heterocycles. The summed E-state index contributed by atoms with van der Waals surface area (Å²) in [6.45, 7) is 1.75. The molecule has 0 saturated heterocycles. The Morgan fingerprint density at radius 3 is 2.77 bits per heavy atom. The number of carbonyl (C=O) groups is 1. The fraction of sp³-hybridized carbons (Fsp3) is 0.105. The molecule has 7 heteroatoms. The summed E-state index contributed by atoms with van der Waals surface area (Å²) in [6.07, 6.45) is 5.00. The highest BCUT2D eigenvalue weighted by molar-refractivity contribution is 6.22. The van der Waals surface area contributed by atoms with E-state index < -0.39 is 6.04 Å². The molecule has 3 heterocycles. The molecular weight excluding hydrogens is 333 g/mol. The highest BCUT2D eigenvalue weighted by Crippen LogP contribution is 2.28. The first-order chi connectivity index (χ1) is 12.6. The Bertz CT molecular complexity index is 1010. The second kappa shape index (κ2) is 6.44. The van der Waals surface area contributed by atoms with E-state index in [1.807, 2.05) is 0 Å². The molecule has 0 bridgehead atoms. The van der Waals surface area contributed by atoms with Gasteiger partial charge in [0.2, 0.25) is 0 Å². The molecule has 1 unspecified atom stereocenters. The van der Waals surface area contributed by atoms with Gasteiger partial charge >= 0.3 is 0 Å². The highest BCUT2D eigenvalue weighted by atomic mass is 19.1. The normalized spacial score (nSPS) is 18.3.